The molecule has 1 fully saturated rings. The van der Waals surface area contributed by atoms with Crippen molar-refractivity contribution in [3.63, 3.8) is 0 Å². The van der Waals surface area contributed by atoms with Gasteiger partial charge in [0.2, 0.25) is 0 Å². The molecule has 2 aromatic rings. The van der Waals surface area contributed by atoms with E-state index in [4.69, 9.17) is 5.26 Å². The van der Waals surface area contributed by atoms with Gasteiger partial charge >= 0.3 is 0 Å². The second-order valence-corrected chi connectivity index (χ2v) is 5.80. The quantitative estimate of drug-likeness (QED) is 0.927. The Bertz CT molecular complexity index is 624. The standard InChI is InChI=1S/C17H21N3/c1-12-14-7-3-4-9-16(14)20(2)17(12)11-19-15-8-5-6-13(15)10-18/h3-4,7,9,13,15,19H,5-6,8,11H2,1-2H3. The maximum Gasteiger partial charge on any atom is 0.0672 e. The molecule has 0 spiro atoms. The van der Waals surface area contributed by atoms with E-state index in [1.165, 1.54) is 28.6 Å². The van der Waals surface area contributed by atoms with Gasteiger partial charge in [0.1, 0.15) is 0 Å². The number of aromatic nitrogens is 1. The van der Waals surface area contributed by atoms with Crippen molar-refractivity contribution >= 4 is 10.9 Å². The molecule has 0 bridgehead atoms. The van der Waals surface area contributed by atoms with E-state index in [0.29, 0.717) is 6.04 Å². The van der Waals surface area contributed by atoms with Crippen molar-refractivity contribution in [2.75, 3.05) is 0 Å². The minimum atomic E-state index is 0.185. The molecule has 1 aromatic carbocycles. The van der Waals surface area contributed by atoms with Crippen LogP contribution in [-0.2, 0) is 13.6 Å². The molecule has 0 radical (unpaired) electrons. The third kappa shape index (κ3) is 2.10. The van der Waals surface area contributed by atoms with Gasteiger partial charge in [-0.2, -0.15) is 5.26 Å². The predicted octanol–water partition coefficient (Wildman–Crippen LogP) is 3.27. The summed E-state index contributed by atoms with van der Waals surface area (Å²) < 4.78 is 2.27. The molecule has 0 amide bonds. The van der Waals surface area contributed by atoms with Gasteiger partial charge < -0.3 is 9.88 Å². The minimum Gasteiger partial charge on any atom is -0.346 e. The zero-order valence-corrected chi connectivity index (χ0v) is 12.2. The van der Waals surface area contributed by atoms with E-state index in [2.05, 4.69) is 54.2 Å². The van der Waals surface area contributed by atoms with Gasteiger partial charge in [-0.15, -0.1) is 0 Å². The van der Waals surface area contributed by atoms with Crippen molar-refractivity contribution in [3.05, 3.63) is 35.5 Å². The summed E-state index contributed by atoms with van der Waals surface area (Å²) in [5.41, 5.74) is 3.96. The van der Waals surface area contributed by atoms with Crippen molar-refractivity contribution in [3.8, 4) is 6.07 Å². The molecular weight excluding hydrogens is 246 g/mol. The topological polar surface area (TPSA) is 40.8 Å². The molecule has 0 aliphatic heterocycles. The van der Waals surface area contributed by atoms with E-state index in [1.807, 2.05) is 0 Å². The van der Waals surface area contributed by atoms with Gasteiger partial charge in [-0.05, 0) is 31.4 Å². The molecule has 1 heterocycles. The molecule has 1 aromatic heterocycles. The Morgan fingerprint density at radius 2 is 2.15 bits per heavy atom. The summed E-state index contributed by atoms with van der Waals surface area (Å²) in [6.07, 6.45) is 3.34. The van der Waals surface area contributed by atoms with Crippen LogP contribution < -0.4 is 5.32 Å². The van der Waals surface area contributed by atoms with Crippen LogP contribution in [0.15, 0.2) is 24.3 Å². The fourth-order valence-electron chi connectivity index (χ4n) is 3.47. The molecule has 3 heteroatoms. The zero-order chi connectivity index (χ0) is 14.1. The van der Waals surface area contributed by atoms with Crippen LogP contribution in [0.25, 0.3) is 10.9 Å². The molecule has 1 aliphatic carbocycles. The summed E-state index contributed by atoms with van der Waals surface area (Å²) in [5.74, 6) is 0.185. The van der Waals surface area contributed by atoms with E-state index in [9.17, 15) is 0 Å². The van der Waals surface area contributed by atoms with Gasteiger partial charge in [0.25, 0.3) is 0 Å². The van der Waals surface area contributed by atoms with Crippen molar-refractivity contribution in [1.29, 1.82) is 5.26 Å². The lowest BCUT2D eigenvalue weighted by molar-refractivity contribution is 0.457. The minimum absolute atomic E-state index is 0.185. The molecule has 0 saturated heterocycles. The monoisotopic (exact) mass is 267 g/mol. The van der Waals surface area contributed by atoms with E-state index in [0.717, 1.165) is 19.4 Å². The Morgan fingerprint density at radius 3 is 2.90 bits per heavy atom. The van der Waals surface area contributed by atoms with Crippen LogP contribution in [0.3, 0.4) is 0 Å². The Balaban J connectivity index is 1.83. The van der Waals surface area contributed by atoms with Gasteiger partial charge in [-0.25, -0.2) is 0 Å². The van der Waals surface area contributed by atoms with E-state index in [-0.39, 0.29) is 5.92 Å². The molecule has 104 valence electrons. The van der Waals surface area contributed by atoms with E-state index >= 15 is 0 Å². The van der Waals surface area contributed by atoms with Crippen molar-refractivity contribution in [2.24, 2.45) is 13.0 Å². The third-order valence-corrected chi connectivity index (χ3v) is 4.72. The van der Waals surface area contributed by atoms with Gasteiger partial charge in [0.05, 0.1) is 12.0 Å². The van der Waals surface area contributed by atoms with E-state index < -0.39 is 0 Å². The van der Waals surface area contributed by atoms with Crippen molar-refractivity contribution < 1.29 is 0 Å². The second-order valence-electron chi connectivity index (χ2n) is 5.80. The average molecular weight is 267 g/mol. The van der Waals surface area contributed by atoms with Gasteiger partial charge in [0.15, 0.2) is 0 Å². The smallest absolute Gasteiger partial charge is 0.0672 e. The Kier molecular flexibility index (Phi) is 3.50. The highest BCUT2D eigenvalue weighted by atomic mass is 15.0. The average Bonchev–Trinajstić information content (AvgIpc) is 3.02. The summed E-state index contributed by atoms with van der Waals surface area (Å²) in [4.78, 5) is 0. The SMILES string of the molecule is Cc1c(CNC2CCCC2C#N)n(C)c2ccccc12. The molecular formula is C17H21N3. The van der Waals surface area contributed by atoms with Crippen LogP contribution in [0.1, 0.15) is 30.5 Å². The number of nitriles is 1. The fraction of sp³-hybridized carbons (Fsp3) is 0.471. The van der Waals surface area contributed by atoms with Crippen LogP contribution in [0.2, 0.25) is 0 Å². The van der Waals surface area contributed by atoms with Gasteiger partial charge in [-0.3, -0.25) is 0 Å². The molecule has 1 N–H and O–H groups in total. The maximum absolute atomic E-state index is 9.16. The Hall–Kier alpha value is -1.79. The number of hydrogen-bond acceptors (Lipinski definition) is 2. The van der Waals surface area contributed by atoms with Crippen LogP contribution in [0.4, 0.5) is 0 Å². The van der Waals surface area contributed by atoms with Gasteiger partial charge in [-0.1, -0.05) is 24.6 Å². The maximum atomic E-state index is 9.16. The number of benzene rings is 1. The van der Waals surface area contributed by atoms with Crippen LogP contribution in [0, 0.1) is 24.2 Å². The zero-order valence-electron chi connectivity index (χ0n) is 12.2. The van der Waals surface area contributed by atoms with Crippen LogP contribution in [0.5, 0.6) is 0 Å². The van der Waals surface area contributed by atoms with Crippen molar-refractivity contribution in [1.82, 2.24) is 9.88 Å². The molecule has 2 unspecified atom stereocenters. The molecule has 3 nitrogen and oxygen atoms in total. The first-order valence-corrected chi connectivity index (χ1v) is 7.38. The Labute approximate surface area is 120 Å². The van der Waals surface area contributed by atoms with Crippen molar-refractivity contribution in [2.45, 2.75) is 38.8 Å². The normalized spacial score (nSPS) is 22.2. The Morgan fingerprint density at radius 1 is 1.35 bits per heavy atom. The first-order chi connectivity index (χ1) is 9.72. The number of para-hydroxylation sites is 1. The molecule has 20 heavy (non-hydrogen) atoms. The predicted molar refractivity (Wildman–Crippen MR) is 81.2 cm³/mol. The van der Waals surface area contributed by atoms with Gasteiger partial charge in [0, 0.05) is 36.2 Å². The molecule has 2 atom stereocenters. The lowest BCUT2D eigenvalue weighted by atomic mass is 10.1. The third-order valence-electron chi connectivity index (χ3n) is 4.72. The first kappa shape index (κ1) is 13.2. The van der Waals surface area contributed by atoms with Crippen LogP contribution in [-0.4, -0.2) is 10.6 Å². The summed E-state index contributed by atoms with van der Waals surface area (Å²) in [6, 6.07) is 11.3. The molecule has 1 saturated carbocycles. The summed E-state index contributed by atoms with van der Waals surface area (Å²) in [5, 5.41) is 14.1. The fourth-order valence-corrected chi connectivity index (χ4v) is 3.47. The summed E-state index contributed by atoms with van der Waals surface area (Å²) in [6.45, 7) is 3.04. The summed E-state index contributed by atoms with van der Waals surface area (Å²) in [7, 11) is 2.13. The largest absolute Gasteiger partial charge is 0.346 e. The number of hydrogen-bond donors (Lipinski definition) is 1. The number of rotatable bonds is 3. The first-order valence-electron chi connectivity index (χ1n) is 7.38. The second kappa shape index (κ2) is 5.30. The summed E-state index contributed by atoms with van der Waals surface area (Å²) >= 11 is 0. The highest BCUT2D eigenvalue weighted by Crippen LogP contribution is 2.27. The number of nitrogens with one attached hydrogen (secondary N) is 1. The molecule has 3 rings (SSSR count). The highest BCUT2D eigenvalue weighted by molar-refractivity contribution is 5.85. The molecule has 1 aliphatic rings. The number of fused-ring (bicyclic) bond motifs is 1. The lowest BCUT2D eigenvalue weighted by Gasteiger charge is -2.16. The lowest BCUT2D eigenvalue weighted by Crippen LogP contribution is -2.32. The van der Waals surface area contributed by atoms with E-state index in [1.54, 1.807) is 0 Å². The van der Waals surface area contributed by atoms with Crippen LogP contribution >= 0.6 is 0 Å². The number of aryl methyl sites for hydroxylation is 2. The highest BCUT2D eigenvalue weighted by Gasteiger charge is 2.26. The number of nitrogens with zero attached hydrogens (tertiary/aromatic N) is 2.